The van der Waals surface area contributed by atoms with Gasteiger partial charge in [-0.05, 0) is 81.5 Å². The maximum Gasteiger partial charge on any atom is 0.255 e. The van der Waals surface area contributed by atoms with Crippen LogP contribution in [0.5, 0.6) is 5.75 Å². The number of rotatable bonds is 9. The van der Waals surface area contributed by atoms with E-state index in [-0.39, 0.29) is 24.1 Å². The monoisotopic (exact) mass is 504 g/mol. The zero-order valence-electron chi connectivity index (χ0n) is 21.8. The van der Waals surface area contributed by atoms with Crippen LogP contribution in [0.15, 0.2) is 84.3 Å². The third-order valence-electron chi connectivity index (χ3n) is 6.25. The van der Waals surface area contributed by atoms with E-state index in [1.54, 1.807) is 62.6 Å². The third-order valence-corrected chi connectivity index (χ3v) is 6.25. The molecule has 0 aromatic heterocycles. The second kappa shape index (κ2) is 13.3. The number of nitrogens with zero attached hydrogens (tertiary/aromatic N) is 2. The van der Waals surface area contributed by atoms with Crippen molar-refractivity contribution in [3.05, 3.63) is 95.4 Å². The molecule has 1 saturated heterocycles. The molecule has 0 spiro atoms. The van der Waals surface area contributed by atoms with E-state index in [1.807, 2.05) is 12.1 Å². The van der Waals surface area contributed by atoms with Gasteiger partial charge in [0.2, 0.25) is 0 Å². The van der Waals surface area contributed by atoms with Crippen molar-refractivity contribution in [2.24, 2.45) is 0 Å². The van der Waals surface area contributed by atoms with Crippen molar-refractivity contribution in [1.82, 2.24) is 15.5 Å². The molecule has 0 atom stereocenters. The van der Waals surface area contributed by atoms with Gasteiger partial charge in [0.1, 0.15) is 11.5 Å². The lowest BCUT2D eigenvalue weighted by atomic mass is 10.1. The maximum absolute atomic E-state index is 12.9. The number of amides is 2. The Labute approximate surface area is 218 Å². The lowest BCUT2D eigenvalue weighted by Crippen LogP contribution is -2.30. The zero-order valence-corrected chi connectivity index (χ0v) is 21.8. The molecule has 2 aromatic rings. The van der Waals surface area contributed by atoms with Crippen LogP contribution in [-0.4, -0.2) is 68.7 Å². The number of likely N-dealkylation sites (N-methyl/N-ethyl adjacent to an activating group) is 1. The number of nitrogens with one attached hydrogen (secondary N) is 2. The van der Waals surface area contributed by atoms with Gasteiger partial charge in [-0.1, -0.05) is 12.7 Å². The van der Waals surface area contributed by atoms with Gasteiger partial charge in [-0.25, -0.2) is 0 Å². The van der Waals surface area contributed by atoms with Gasteiger partial charge in [-0.2, -0.15) is 0 Å². The normalized spacial score (nSPS) is 15.1. The lowest BCUT2D eigenvalue weighted by molar-refractivity contribution is 0.0955. The van der Waals surface area contributed by atoms with Crippen molar-refractivity contribution >= 4 is 17.5 Å². The molecule has 0 bridgehead atoms. The predicted octanol–water partition coefficient (Wildman–Crippen LogP) is 3.90. The number of allylic oxidation sites excluding steroid dienone is 2. The molecule has 0 saturated carbocycles. The largest absolute Gasteiger partial charge is 0.508 e. The molecule has 37 heavy (non-hydrogen) atoms. The number of hydrogen-bond donors (Lipinski definition) is 3. The van der Waals surface area contributed by atoms with Gasteiger partial charge in [0.25, 0.3) is 11.8 Å². The summed E-state index contributed by atoms with van der Waals surface area (Å²) in [6.45, 7) is 9.42. The molecule has 1 aliphatic heterocycles. The Kier molecular flexibility index (Phi) is 9.92. The maximum atomic E-state index is 12.9. The Hall–Kier alpha value is -4.04. The molecule has 0 aliphatic carbocycles. The number of anilines is 1. The number of aliphatic hydroxyl groups excluding tert-OH is 1. The minimum absolute atomic E-state index is 0.0169. The smallest absolute Gasteiger partial charge is 0.255 e. The highest BCUT2D eigenvalue weighted by Gasteiger charge is 2.16. The fraction of sp³-hybridized carbons (Fsp3) is 0.310. The lowest BCUT2D eigenvalue weighted by Gasteiger charge is -2.23. The minimum atomic E-state index is -0.365. The topological polar surface area (TPSA) is 94.1 Å². The van der Waals surface area contributed by atoms with E-state index in [2.05, 4.69) is 34.1 Å². The summed E-state index contributed by atoms with van der Waals surface area (Å²) in [5, 5.41) is 15.9. The average molecular weight is 505 g/mol. The van der Waals surface area contributed by atoms with Gasteiger partial charge in [-0.3, -0.25) is 9.59 Å². The number of hydrogen-bond acceptors (Lipinski definition) is 6. The fourth-order valence-electron chi connectivity index (χ4n) is 4.07. The van der Waals surface area contributed by atoms with Crippen LogP contribution in [0.3, 0.4) is 0 Å². The number of methoxy groups -OCH3 is 1. The SMILES string of the molecule is C=C(O)/C(CNC(=O)c1ccc(N2CCCN(C)CC2)cc1)=C(\C=C/C)NC(=O)c1ccc(OC)cc1. The molecular weight excluding hydrogens is 468 g/mol. The number of ether oxygens (including phenoxy) is 1. The van der Waals surface area contributed by atoms with Crippen molar-refractivity contribution in [3.8, 4) is 5.75 Å². The van der Waals surface area contributed by atoms with Crippen LogP contribution < -0.4 is 20.3 Å². The van der Waals surface area contributed by atoms with Crippen LogP contribution in [0.25, 0.3) is 0 Å². The number of benzene rings is 2. The minimum Gasteiger partial charge on any atom is -0.508 e. The molecule has 8 heteroatoms. The number of carbonyl (C=O) groups excluding carboxylic acids is 2. The molecular formula is C29H36N4O4. The Morgan fingerprint density at radius 3 is 2.27 bits per heavy atom. The van der Waals surface area contributed by atoms with Crippen LogP contribution in [0.4, 0.5) is 5.69 Å². The Balaban J connectivity index is 1.69. The quantitative estimate of drug-likeness (QED) is 0.354. The first-order chi connectivity index (χ1) is 17.8. The molecule has 2 aromatic carbocycles. The number of carbonyl (C=O) groups is 2. The standard InChI is InChI=1S/C29H36N4O4/c1-5-7-27(31-29(36)23-10-14-25(37-4)15-11-23)26(21(2)34)20-30-28(35)22-8-12-24(13-9-22)33-17-6-16-32(3)18-19-33/h5,7-15,34H,2,6,16-20H2,1,3-4H3,(H,30,35)(H,31,36)/b7-5-,27-26+. The van der Waals surface area contributed by atoms with E-state index in [4.69, 9.17) is 4.74 Å². The zero-order chi connectivity index (χ0) is 26.8. The number of aliphatic hydroxyl groups is 1. The molecule has 0 radical (unpaired) electrons. The molecule has 1 aliphatic rings. The van der Waals surface area contributed by atoms with Crippen LogP contribution in [-0.2, 0) is 0 Å². The second-order valence-electron chi connectivity index (χ2n) is 8.89. The molecule has 3 rings (SSSR count). The molecule has 196 valence electrons. The van der Waals surface area contributed by atoms with Gasteiger partial charge in [0.05, 0.1) is 7.11 Å². The molecule has 3 N–H and O–H groups in total. The summed E-state index contributed by atoms with van der Waals surface area (Å²) in [5.41, 5.74) is 2.67. The first-order valence-electron chi connectivity index (χ1n) is 12.3. The van der Waals surface area contributed by atoms with Gasteiger partial charge in [0.15, 0.2) is 0 Å². The highest BCUT2D eigenvalue weighted by atomic mass is 16.5. The summed E-state index contributed by atoms with van der Waals surface area (Å²) >= 11 is 0. The predicted molar refractivity (Wildman–Crippen MR) is 147 cm³/mol. The van der Waals surface area contributed by atoms with Crippen molar-refractivity contribution in [1.29, 1.82) is 0 Å². The summed E-state index contributed by atoms with van der Waals surface area (Å²) < 4.78 is 5.13. The van der Waals surface area contributed by atoms with Crippen LogP contribution >= 0.6 is 0 Å². The Morgan fingerprint density at radius 1 is 1.00 bits per heavy atom. The second-order valence-corrected chi connectivity index (χ2v) is 8.89. The van der Waals surface area contributed by atoms with Gasteiger partial charge >= 0.3 is 0 Å². The van der Waals surface area contributed by atoms with Crippen molar-refractivity contribution < 1.29 is 19.4 Å². The van der Waals surface area contributed by atoms with Gasteiger partial charge in [-0.15, -0.1) is 0 Å². The Morgan fingerprint density at radius 2 is 1.65 bits per heavy atom. The van der Waals surface area contributed by atoms with E-state index in [9.17, 15) is 14.7 Å². The summed E-state index contributed by atoms with van der Waals surface area (Å²) in [6.07, 6.45) is 4.48. The fourth-order valence-corrected chi connectivity index (χ4v) is 4.07. The molecule has 8 nitrogen and oxygen atoms in total. The van der Waals surface area contributed by atoms with Crippen LogP contribution in [0.2, 0.25) is 0 Å². The summed E-state index contributed by atoms with van der Waals surface area (Å²) in [4.78, 5) is 30.3. The van der Waals surface area contributed by atoms with Crippen LogP contribution in [0, 0.1) is 0 Å². The van der Waals surface area contributed by atoms with Crippen molar-refractivity contribution in [2.45, 2.75) is 13.3 Å². The van der Waals surface area contributed by atoms with Crippen LogP contribution in [0.1, 0.15) is 34.1 Å². The molecule has 2 amide bonds. The molecule has 0 unspecified atom stereocenters. The average Bonchev–Trinajstić information content (AvgIpc) is 3.13. The van der Waals surface area contributed by atoms with E-state index >= 15 is 0 Å². The Bertz CT molecular complexity index is 1150. The molecule has 1 fully saturated rings. The first kappa shape index (κ1) is 27.5. The van der Waals surface area contributed by atoms with Gasteiger partial charge in [0, 0.05) is 54.3 Å². The summed E-state index contributed by atoms with van der Waals surface area (Å²) in [5.74, 6) is -0.261. The third kappa shape index (κ3) is 7.72. The van der Waals surface area contributed by atoms with Crippen molar-refractivity contribution in [3.63, 3.8) is 0 Å². The van der Waals surface area contributed by atoms with Crippen molar-refractivity contribution in [2.75, 3.05) is 51.8 Å². The van der Waals surface area contributed by atoms with E-state index in [1.165, 1.54) is 0 Å². The van der Waals surface area contributed by atoms with E-state index in [0.717, 1.165) is 38.3 Å². The van der Waals surface area contributed by atoms with Gasteiger partial charge < -0.3 is 30.3 Å². The summed E-state index contributed by atoms with van der Waals surface area (Å²) in [6, 6.07) is 14.2. The van der Waals surface area contributed by atoms with E-state index < -0.39 is 0 Å². The highest BCUT2D eigenvalue weighted by molar-refractivity contribution is 5.96. The highest BCUT2D eigenvalue weighted by Crippen LogP contribution is 2.18. The molecule has 1 heterocycles. The summed E-state index contributed by atoms with van der Waals surface area (Å²) in [7, 11) is 3.69. The van der Waals surface area contributed by atoms with E-state index in [0.29, 0.717) is 28.1 Å². The first-order valence-corrected chi connectivity index (χ1v) is 12.3.